The smallest absolute Gasteiger partial charge is 0.273 e. The van der Waals surface area contributed by atoms with Crippen molar-refractivity contribution in [1.82, 2.24) is 14.6 Å². The molecule has 2 aliphatic rings. The highest BCUT2D eigenvalue weighted by molar-refractivity contribution is 7.89. The molecule has 2 aromatic carbocycles. The van der Waals surface area contributed by atoms with Gasteiger partial charge >= 0.3 is 0 Å². The molecule has 1 saturated heterocycles. The van der Waals surface area contributed by atoms with E-state index in [-0.39, 0.29) is 22.9 Å². The van der Waals surface area contributed by atoms with E-state index in [9.17, 15) is 13.2 Å². The molecule has 1 aromatic heterocycles. The van der Waals surface area contributed by atoms with Gasteiger partial charge in [-0.05, 0) is 42.3 Å². The summed E-state index contributed by atoms with van der Waals surface area (Å²) in [6.45, 7) is 1.13. The molecular formula is C22H22N4O3S. The predicted octanol–water partition coefficient (Wildman–Crippen LogP) is 2.82. The van der Waals surface area contributed by atoms with Crippen molar-refractivity contribution in [2.75, 3.05) is 18.4 Å². The number of piperidine rings is 1. The number of nitrogens with zero attached hydrogens (tertiary/aromatic N) is 2. The second-order valence-corrected chi connectivity index (χ2v) is 9.43. The summed E-state index contributed by atoms with van der Waals surface area (Å²) in [6, 6.07) is 16.6. The standard InChI is InChI=1S/C22H22N4O3S/c27-22(20-17-6-2-1-5-15(17)9-12-23-20)26-13-10-16(11-14-26)21-24-18-7-3-4-8-19(18)30(28,29)25-21/h1-9,12,16,21,24-25H,10-11,13-14H2/t21-/m1/s1. The average Bonchev–Trinajstić information content (AvgIpc) is 2.78. The van der Waals surface area contributed by atoms with Crippen molar-refractivity contribution in [3.8, 4) is 0 Å². The number of carbonyl (C=O) groups is 1. The van der Waals surface area contributed by atoms with E-state index in [2.05, 4.69) is 15.0 Å². The fraction of sp³-hybridized carbons (Fsp3) is 0.273. The number of aromatic nitrogens is 1. The van der Waals surface area contributed by atoms with E-state index in [1.165, 1.54) is 0 Å². The van der Waals surface area contributed by atoms with Crippen LogP contribution in [0.1, 0.15) is 23.3 Å². The number of anilines is 1. The number of carbonyl (C=O) groups excluding carboxylic acids is 1. The van der Waals surface area contributed by atoms with Gasteiger partial charge < -0.3 is 10.2 Å². The van der Waals surface area contributed by atoms with Crippen LogP contribution in [-0.2, 0) is 10.0 Å². The van der Waals surface area contributed by atoms with Crippen molar-refractivity contribution in [3.05, 3.63) is 66.5 Å². The van der Waals surface area contributed by atoms with Crippen molar-refractivity contribution in [1.29, 1.82) is 0 Å². The Bertz CT molecular complexity index is 1210. The Morgan fingerprint density at radius 3 is 2.57 bits per heavy atom. The first-order valence-electron chi connectivity index (χ1n) is 10.0. The van der Waals surface area contributed by atoms with Crippen molar-refractivity contribution in [2.24, 2.45) is 5.92 Å². The number of pyridine rings is 1. The van der Waals surface area contributed by atoms with E-state index in [0.29, 0.717) is 37.3 Å². The highest BCUT2D eigenvalue weighted by atomic mass is 32.2. The molecule has 0 radical (unpaired) electrons. The molecule has 3 aromatic rings. The molecular weight excluding hydrogens is 400 g/mol. The number of para-hydroxylation sites is 1. The Labute approximate surface area is 175 Å². The Balaban J connectivity index is 1.31. The Kier molecular flexibility index (Phi) is 4.67. The summed E-state index contributed by atoms with van der Waals surface area (Å²) >= 11 is 0. The highest BCUT2D eigenvalue weighted by Crippen LogP contribution is 2.31. The monoisotopic (exact) mass is 422 g/mol. The van der Waals surface area contributed by atoms with Crippen molar-refractivity contribution in [2.45, 2.75) is 23.9 Å². The van der Waals surface area contributed by atoms with Gasteiger partial charge in [0.05, 0.1) is 11.9 Å². The quantitative estimate of drug-likeness (QED) is 0.663. The molecule has 1 amide bonds. The molecule has 0 unspecified atom stereocenters. The van der Waals surface area contributed by atoms with Crippen LogP contribution in [0.5, 0.6) is 0 Å². The minimum atomic E-state index is -3.54. The number of benzene rings is 2. The number of fused-ring (bicyclic) bond motifs is 2. The van der Waals surface area contributed by atoms with E-state index in [1.807, 2.05) is 41.3 Å². The molecule has 0 bridgehead atoms. The van der Waals surface area contributed by atoms with Gasteiger partial charge in [0.2, 0.25) is 10.0 Å². The van der Waals surface area contributed by atoms with Crippen molar-refractivity contribution >= 4 is 32.4 Å². The molecule has 1 fully saturated rings. The first-order valence-corrected chi connectivity index (χ1v) is 11.5. The number of amides is 1. The third kappa shape index (κ3) is 3.32. The largest absolute Gasteiger partial charge is 0.368 e. The summed E-state index contributed by atoms with van der Waals surface area (Å²) in [5.41, 5.74) is 1.09. The van der Waals surface area contributed by atoms with Gasteiger partial charge in [0.1, 0.15) is 10.6 Å². The lowest BCUT2D eigenvalue weighted by Crippen LogP contribution is -2.52. The second-order valence-electron chi connectivity index (χ2n) is 7.75. The van der Waals surface area contributed by atoms with Crippen LogP contribution in [0.3, 0.4) is 0 Å². The maximum absolute atomic E-state index is 13.1. The predicted molar refractivity (Wildman–Crippen MR) is 115 cm³/mol. The SMILES string of the molecule is O=C(c1nccc2ccccc12)N1CCC([C@@H]2Nc3ccccc3S(=O)(=O)N2)CC1. The van der Waals surface area contributed by atoms with Crippen LogP contribution in [0.2, 0.25) is 0 Å². The van der Waals surface area contributed by atoms with E-state index in [1.54, 1.807) is 24.4 Å². The topological polar surface area (TPSA) is 91.4 Å². The summed E-state index contributed by atoms with van der Waals surface area (Å²) in [5.74, 6) is 0.0189. The van der Waals surface area contributed by atoms with Crippen LogP contribution >= 0.6 is 0 Å². The van der Waals surface area contributed by atoms with E-state index >= 15 is 0 Å². The van der Waals surface area contributed by atoms with E-state index in [0.717, 1.165) is 10.8 Å². The lowest BCUT2D eigenvalue weighted by molar-refractivity contribution is 0.0675. The third-order valence-corrected chi connectivity index (χ3v) is 7.44. The average molecular weight is 423 g/mol. The summed E-state index contributed by atoms with van der Waals surface area (Å²) in [7, 11) is -3.54. The first kappa shape index (κ1) is 19.0. The molecule has 2 N–H and O–H groups in total. The van der Waals surface area contributed by atoms with Gasteiger partial charge in [0, 0.05) is 24.7 Å². The fourth-order valence-electron chi connectivity index (χ4n) is 4.34. The van der Waals surface area contributed by atoms with Crippen LogP contribution in [0.15, 0.2) is 65.7 Å². The molecule has 0 aliphatic carbocycles. The van der Waals surface area contributed by atoms with Crippen molar-refractivity contribution < 1.29 is 13.2 Å². The number of hydrogen-bond donors (Lipinski definition) is 2. The Morgan fingerprint density at radius 2 is 1.73 bits per heavy atom. The van der Waals surface area contributed by atoms with Crippen LogP contribution in [0.4, 0.5) is 5.69 Å². The molecule has 5 rings (SSSR count). The molecule has 3 heterocycles. The molecule has 0 saturated carbocycles. The fourth-order valence-corrected chi connectivity index (χ4v) is 5.72. The van der Waals surface area contributed by atoms with Crippen LogP contribution in [0, 0.1) is 5.92 Å². The zero-order valence-electron chi connectivity index (χ0n) is 16.3. The molecule has 154 valence electrons. The molecule has 30 heavy (non-hydrogen) atoms. The normalized spacial score (nSPS) is 21.1. The van der Waals surface area contributed by atoms with Gasteiger partial charge in [0.25, 0.3) is 5.91 Å². The third-order valence-electron chi connectivity index (χ3n) is 5.94. The summed E-state index contributed by atoms with van der Waals surface area (Å²) in [6.07, 6.45) is 2.70. The highest BCUT2D eigenvalue weighted by Gasteiger charge is 2.36. The first-order chi connectivity index (χ1) is 14.5. The number of likely N-dealkylation sites (tertiary alicyclic amines) is 1. The van der Waals surface area contributed by atoms with E-state index in [4.69, 9.17) is 0 Å². The lowest BCUT2D eigenvalue weighted by atomic mass is 9.93. The van der Waals surface area contributed by atoms with Gasteiger partial charge in [0.15, 0.2) is 0 Å². The number of rotatable bonds is 2. The zero-order chi connectivity index (χ0) is 20.7. The number of nitrogens with one attached hydrogen (secondary N) is 2. The summed E-state index contributed by atoms with van der Waals surface area (Å²) in [4.78, 5) is 19.5. The van der Waals surface area contributed by atoms with Crippen LogP contribution < -0.4 is 10.0 Å². The van der Waals surface area contributed by atoms with Gasteiger partial charge in [-0.3, -0.25) is 9.78 Å². The Morgan fingerprint density at radius 1 is 1.00 bits per heavy atom. The summed E-state index contributed by atoms with van der Waals surface area (Å²) < 4.78 is 27.9. The molecule has 2 aliphatic heterocycles. The van der Waals surface area contributed by atoms with E-state index < -0.39 is 10.0 Å². The molecule has 1 atom stereocenters. The van der Waals surface area contributed by atoms with Gasteiger partial charge in [-0.2, -0.15) is 4.72 Å². The molecule has 7 nitrogen and oxygen atoms in total. The second kappa shape index (κ2) is 7.37. The van der Waals surface area contributed by atoms with Gasteiger partial charge in [-0.1, -0.05) is 36.4 Å². The molecule has 0 spiro atoms. The molecule has 8 heteroatoms. The maximum Gasteiger partial charge on any atom is 0.273 e. The van der Waals surface area contributed by atoms with Gasteiger partial charge in [-0.25, -0.2) is 8.42 Å². The van der Waals surface area contributed by atoms with Crippen molar-refractivity contribution in [3.63, 3.8) is 0 Å². The zero-order valence-corrected chi connectivity index (χ0v) is 17.1. The lowest BCUT2D eigenvalue weighted by Gasteiger charge is -2.38. The minimum absolute atomic E-state index is 0.0761. The Hall–Kier alpha value is -2.97. The minimum Gasteiger partial charge on any atom is -0.368 e. The number of hydrogen-bond acceptors (Lipinski definition) is 5. The number of sulfonamides is 1. The summed E-state index contributed by atoms with van der Waals surface area (Å²) in [5, 5.41) is 5.16. The van der Waals surface area contributed by atoms with Crippen LogP contribution in [0.25, 0.3) is 10.8 Å². The van der Waals surface area contributed by atoms with Gasteiger partial charge in [-0.15, -0.1) is 0 Å². The maximum atomic E-state index is 13.1. The van der Waals surface area contributed by atoms with Crippen LogP contribution in [-0.4, -0.2) is 43.5 Å².